The van der Waals surface area contributed by atoms with Crippen molar-refractivity contribution in [2.24, 2.45) is 0 Å². The molecule has 0 spiro atoms. The van der Waals surface area contributed by atoms with Gasteiger partial charge < -0.3 is 14.7 Å². The Kier molecular flexibility index (Phi) is 3.62. The normalized spacial score (nSPS) is 23.7. The van der Waals surface area contributed by atoms with Crippen LogP contribution in [0.25, 0.3) is 0 Å². The van der Waals surface area contributed by atoms with Gasteiger partial charge in [-0.15, -0.1) is 0 Å². The number of methoxy groups -OCH3 is 1. The lowest BCUT2D eigenvalue weighted by Gasteiger charge is -2.24. The molecule has 0 aromatic heterocycles. The van der Waals surface area contributed by atoms with E-state index in [2.05, 4.69) is 11.0 Å². The Balaban J connectivity index is 2.17. The van der Waals surface area contributed by atoms with Crippen molar-refractivity contribution < 1.29 is 9.84 Å². The number of ether oxygens (including phenoxy) is 1. The van der Waals surface area contributed by atoms with Gasteiger partial charge in [-0.05, 0) is 30.7 Å². The zero-order valence-electron chi connectivity index (χ0n) is 9.84. The maximum atomic E-state index is 9.36. The highest BCUT2D eigenvalue weighted by Crippen LogP contribution is 2.26. The van der Waals surface area contributed by atoms with Crippen LogP contribution in [0.3, 0.4) is 0 Å². The quantitative estimate of drug-likeness (QED) is 0.849. The van der Waals surface area contributed by atoms with Crippen molar-refractivity contribution in [3.63, 3.8) is 0 Å². The van der Waals surface area contributed by atoms with Gasteiger partial charge >= 0.3 is 0 Å². The fourth-order valence-electron chi connectivity index (χ4n) is 2.26. The van der Waals surface area contributed by atoms with Crippen LogP contribution in [-0.2, 0) is 4.74 Å². The van der Waals surface area contributed by atoms with Gasteiger partial charge in [-0.2, -0.15) is 5.26 Å². The van der Waals surface area contributed by atoms with Crippen LogP contribution in [0.1, 0.15) is 12.0 Å². The van der Waals surface area contributed by atoms with Gasteiger partial charge in [0.05, 0.1) is 30.4 Å². The van der Waals surface area contributed by atoms with Crippen LogP contribution in [0, 0.1) is 11.3 Å². The van der Waals surface area contributed by atoms with E-state index in [4.69, 9.17) is 10.00 Å². The first-order chi connectivity index (χ1) is 8.28. The van der Waals surface area contributed by atoms with Crippen LogP contribution in [-0.4, -0.2) is 37.5 Å². The van der Waals surface area contributed by atoms with Crippen LogP contribution in [0.2, 0.25) is 0 Å². The second-order valence-electron chi connectivity index (χ2n) is 4.24. The number of nitrogens with zero attached hydrogens (tertiary/aromatic N) is 2. The van der Waals surface area contributed by atoms with Crippen molar-refractivity contribution in [2.45, 2.75) is 18.6 Å². The Morgan fingerprint density at radius 2 is 2.18 bits per heavy atom. The number of hydrogen-bond acceptors (Lipinski definition) is 4. The average molecular weight is 232 g/mol. The van der Waals surface area contributed by atoms with Crippen molar-refractivity contribution >= 4 is 5.69 Å². The fraction of sp³-hybridized carbons (Fsp3) is 0.462. The summed E-state index contributed by atoms with van der Waals surface area (Å²) in [7, 11) is 1.70. The molecule has 0 radical (unpaired) electrons. The Labute approximate surface area is 101 Å². The SMILES string of the molecule is CO[C@H]1C[C@@H](CO)N(c2ccc(C#N)cc2)C1. The van der Waals surface area contributed by atoms with Gasteiger partial charge in [-0.1, -0.05) is 0 Å². The second kappa shape index (κ2) is 5.17. The molecule has 17 heavy (non-hydrogen) atoms. The standard InChI is InChI=1S/C13H16N2O2/c1-17-13-6-12(9-16)15(8-13)11-4-2-10(7-14)3-5-11/h2-5,12-13,16H,6,8-9H2,1H3/t12-,13-/m0/s1. The maximum absolute atomic E-state index is 9.36. The molecule has 2 rings (SSSR count). The summed E-state index contributed by atoms with van der Waals surface area (Å²) in [5, 5.41) is 18.1. The summed E-state index contributed by atoms with van der Waals surface area (Å²) in [5.41, 5.74) is 1.68. The molecule has 0 unspecified atom stereocenters. The van der Waals surface area contributed by atoms with Gasteiger partial charge in [0.2, 0.25) is 0 Å². The number of aliphatic hydroxyl groups is 1. The van der Waals surface area contributed by atoms with E-state index in [0.717, 1.165) is 18.7 Å². The topological polar surface area (TPSA) is 56.5 Å². The highest BCUT2D eigenvalue weighted by atomic mass is 16.5. The lowest BCUT2D eigenvalue weighted by molar-refractivity contribution is 0.115. The molecular formula is C13H16N2O2. The Hall–Kier alpha value is -1.57. The minimum absolute atomic E-state index is 0.105. The molecule has 1 heterocycles. The summed E-state index contributed by atoms with van der Waals surface area (Å²) < 4.78 is 5.33. The molecule has 90 valence electrons. The summed E-state index contributed by atoms with van der Waals surface area (Å²) in [5.74, 6) is 0. The molecule has 1 aliphatic rings. The molecule has 4 heteroatoms. The lowest BCUT2D eigenvalue weighted by Crippen LogP contribution is -2.32. The third-order valence-electron chi connectivity index (χ3n) is 3.25. The van der Waals surface area contributed by atoms with Gasteiger partial charge in [0.25, 0.3) is 0 Å². The van der Waals surface area contributed by atoms with E-state index in [1.54, 1.807) is 19.2 Å². The predicted octanol–water partition coefficient (Wildman–Crippen LogP) is 1.14. The first-order valence-electron chi connectivity index (χ1n) is 5.69. The zero-order valence-corrected chi connectivity index (χ0v) is 9.84. The predicted molar refractivity (Wildman–Crippen MR) is 64.8 cm³/mol. The summed E-state index contributed by atoms with van der Waals surface area (Å²) >= 11 is 0. The largest absolute Gasteiger partial charge is 0.394 e. The van der Waals surface area contributed by atoms with Crippen LogP contribution in [0.15, 0.2) is 24.3 Å². The van der Waals surface area contributed by atoms with Crippen LogP contribution < -0.4 is 4.90 Å². The zero-order chi connectivity index (χ0) is 12.3. The molecule has 1 saturated heterocycles. The fourth-order valence-corrected chi connectivity index (χ4v) is 2.26. The van der Waals surface area contributed by atoms with Crippen molar-refractivity contribution in [1.29, 1.82) is 5.26 Å². The summed E-state index contributed by atoms with van der Waals surface area (Å²) in [6.45, 7) is 0.910. The smallest absolute Gasteiger partial charge is 0.0991 e. The average Bonchev–Trinajstić information content (AvgIpc) is 2.82. The Bertz CT molecular complexity index is 410. The summed E-state index contributed by atoms with van der Waals surface area (Å²) in [4.78, 5) is 2.13. The number of anilines is 1. The van der Waals surface area contributed by atoms with Crippen LogP contribution >= 0.6 is 0 Å². The van der Waals surface area contributed by atoms with Gasteiger partial charge in [0, 0.05) is 19.3 Å². The molecular weight excluding hydrogens is 216 g/mol. The Morgan fingerprint density at radius 3 is 2.71 bits per heavy atom. The molecule has 1 aliphatic heterocycles. The van der Waals surface area contributed by atoms with Crippen LogP contribution in [0.4, 0.5) is 5.69 Å². The van der Waals surface area contributed by atoms with Gasteiger partial charge in [0.15, 0.2) is 0 Å². The molecule has 1 fully saturated rings. The monoisotopic (exact) mass is 232 g/mol. The van der Waals surface area contributed by atoms with E-state index in [1.807, 2.05) is 12.1 Å². The number of aliphatic hydroxyl groups excluding tert-OH is 1. The van der Waals surface area contributed by atoms with E-state index in [9.17, 15) is 5.11 Å². The van der Waals surface area contributed by atoms with Gasteiger partial charge in [0.1, 0.15) is 0 Å². The Morgan fingerprint density at radius 1 is 1.47 bits per heavy atom. The minimum Gasteiger partial charge on any atom is -0.394 e. The summed E-state index contributed by atoms with van der Waals surface area (Å²) in [6, 6.07) is 9.62. The number of hydrogen-bond donors (Lipinski definition) is 1. The van der Waals surface area contributed by atoms with Crippen molar-refractivity contribution in [2.75, 3.05) is 25.2 Å². The second-order valence-corrected chi connectivity index (χ2v) is 4.24. The number of rotatable bonds is 3. The minimum atomic E-state index is 0.105. The molecule has 1 aromatic carbocycles. The first-order valence-corrected chi connectivity index (χ1v) is 5.69. The maximum Gasteiger partial charge on any atom is 0.0991 e. The highest BCUT2D eigenvalue weighted by molar-refractivity contribution is 5.51. The van der Waals surface area contributed by atoms with Crippen molar-refractivity contribution in [3.05, 3.63) is 29.8 Å². The summed E-state index contributed by atoms with van der Waals surface area (Å²) in [6.07, 6.45) is 1.01. The molecule has 4 nitrogen and oxygen atoms in total. The van der Waals surface area contributed by atoms with Crippen LogP contribution in [0.5, 0.6) is 0 Å². The molecule has 2 atom stereocenters. The molecule has 0 bridgehead atoms. The van der Waals surface area contributed by atoms with Crippen molar-refractivity contribution in [3.8, 4) is 6.07 Å². The molecule has 1 aromatic rings. The van der Waals surface area contributed by atoms with E-state index in [1.165, 1.54) is 0 Å². The highest BCUT2D eigenvalue weighted by Gasteiger charge is 2.31. The van der Waals surface area contributed by atoms with E-state index in [0.29, 0.717) is 5.56 Å². The molecule has 1 N–H and O–H groups in total. The van der Waals surface area contributed by atoms with E-state index >= 15 is 0 Å². The molecule has 0 aliphatic carbocycles. The van der Waals surface area contributed by atoms with Gasteiger partial charge in [-0.25, -0.2) is 0 Å². The van der Waals surface area contributed by atoms with Gasteiger partial charge in [-0.3, -0.25) is 0 Å². The van der Waals surface area contributed by atoms with Crippen molar-refractivity contribution in [1.82, 2.24) is 0 Å². The number of benzene rings is 1. The lowest BCUT2D eigenvalue weighted by atomic mass is 10.2. The molecule has 0 saturated carbocycles. The third kappa shape index (κ3) is 2.41. The third-order valence-corrected chi connectivity index (χ3v) is 3.25. The molecule has 0 amide bonds. The van der Waals surface area contributed by atoms with E-state index in [-0.39, 0.29) is 18.8 Å². The van der Waals surface area contributed by atoms with E-state index < -0.39 is 0 Å². The number of nitriles is 1. The first kappa shape index (κ1) is 11.9.